The minimum Gasteiger partial charge on any atom is -0.380 e. The molecule has 1 saturated heterocycles. The Morgan fingerprint density at radius 1 is 1.22 bits per heavy atom. The smallest absolute Gasteiger partial charge is 0.299 e. The summed E-state index contributed by atoms with van der Waals surface area (Å²) in [5.41, 5.74) is 0.683. The Morgan fingerprint density at radius 2 is 2.00 bits per heavy atom. The van der Waals surface area contributed by atoms with Gasteiger partial charge in [-0.15, -0.1) is 0 Å². The highest BCUT2D eigenvalue weighted by atomic mass is 32.2. The molecule has 148 valence electrons. The molecule has 0 unspecified atom stereocenters. The Balaban J connectivity index is 1.90. The van der Waals surface area contributed by atoms with E-state index >= 15 is 0 Å². The monoisotopic (exact) mass is 394 g/mol. The fraction of sp³-hybridized carbons (Fsp3) is 0.579. The van der Waals surface area contributed by atoms with Crippen molar-refractivity contribution in [2.24, 2.45) is 0 Å². The lowest BCUT2D eigenvalue weighted by atomic mass is 10.1. The van der Waals surface area contributed by atoms with Gasteiger partial charge in [-0.05, 0) is 44.4 Å². The summed E-state index contributed by atoms with van der Waals surface area (Å²) in [6.07, 6.45) is 3.22. The zero-order valence-corrected chi connectivity index (χ0v) is 16.6. The molecule has 0 bridgehead atoms. The maximum absolute atomic E-state index is 13.1. The third-order valence-electron chi connectivity index (χ3n) is 5.12. The van der Waals surface area contributed by atoms with Crippen molar-refractivity contribution >= 4 is 27.4 Å². The second-order valence-electron chi connectivity index (χ2n) is 6.89. The van der Waals surface area contributed by atoms with Gasteiger partial charge in [-0.1, -0.05) is 13.3 Å². The molecule has 27 heavy (non-hydrogen) atoms. The summed E-state index contributed by atoms with van der Waals surface area (Å²) in [6, 6.07) is 4.23. The van der Waals surface area contributed by atoms with Gasteiger partial charge in [0.1, 0.15) is 0 Å². The second-order valence-corrected chi connectivity index (χ2v) is 8.78. The van der Waals surface area contributed by atoms with Gasteiger partial charge in [0.2, 0.25) is 10.0 Å². The Bertz CT molecular complexity index is 837. The van der Waals surface area contributed by atoms with Gasteiger partial charge < -0.3 is 9.64 Å². The first-order chi connectivity index (χ1) is 12.9. The molecule has 0 aliphatic carbocycles. The van der Waals surface area contributed by atoms with Gasteiger partial charge in [-0.2, -0.15) is 4.31 Å². The maximum Gasteiger partial charge on any atom is 0.299 e. The quantitative estimate of drug-likeness (QED) is 0.631. The fourth-order valence-corrected chi connectivity index (χ4v) is 5.37. The number of sulfonamides is 1. The number of hydrogen-bond donors (Lipinski definition) is 0. The van der Waals surface area contributed by atoms with Crippen LogP contribution in [0.2, 0.25) is 0 Å². The molecule has 1 amide bonds. The molecule has 2 aliphatic heterocycles. The average Bonchev–Trinajstić information content (AvgIpc) is 3.23. The molecule has 1 aromatic carbocycles. The molecular weight excluding hydrogens is 368 g/mol. The lowest BCUT2D eigenvalue weighted by Gasteiger charge is -2.24. The van der Waals surface area contributed by atoms with E-state index < -0.39 is 21.7 Å². The van der Waals surface area contributed by atoms with E-state index in [1.165, 1.54) is 21.3 Å². The summed E-state index contributed by atoms with van der Waals surface area (Å²) in [4.78, 5) is 26.1. The van der Waals surface area contributed by atoms with Gasteiger partial charge in [0.25, 0.3) is 11.7 Å². The van der Waals surface area contributed by atoms with Gasteiger partial charge >= 0.3 is 0 Å². The van der Waals surface area contributed by atoms with Crippen LogP contribution in [0.15, 0.2) is 23.1 Å². The number of Topliss-reactive ketones (excluding diaryl/α,β-unsaturated/α-hetero) is 1. The van der Waals surface area contributed by atoms with Crippen molar-refractivity contribution in [2.45, 2.75) is 50.5 Å². The summed E-state index contributed by atoms with van der Waals surface area (Å²) >= 11 is 0. The number of ether oxygens (including phenoxy) is 1. The topological polar surface area (TPSA) is 84.0 Å². The molecule has 0 N–H and O–H groups in total. The van der Waals surface area contributed by atoms with Crippen molar-refractivity contribution < 1.29 is 22.7 Å². The summed E-state index contributed by atoms with van der Waals surface area (Å²) in [6.45, 7) is 5.68. The minimum atomic E-state index is -3.74. The molecule has 0 spiro atoms. The molecule has 0 aromatic heterocycles. The number of rotatable bonds is 8. The van der Waals surface area contributed by atoms with Crippen LogP contribution < -0.4 is 4.90 Å². The highest BCUT2D eigenvalue weighted by molar-refractivity contribution is 7.89. The number of carbonyl (C=O) groups excluding carboxylic acids is 2. The number of amides is 1. The maximum atomic E-state index is 13.1. The lowest BCUT2D eigenvalue weighted by Crippen LogP contribution is -2.38. The zero-order chi connectivity index (χ0) is 19.6. The summed E-state index contributed by atoms with van der Waals surface area (Å²) < 4.78 is 33.1. The van der Waals surface area contributed by atoms with E-state index in [9.17, 15) is 18.0 Å². The average molecular weight is 394 g/mol. The van der Waals surface area contributed by atoms with Crippen LogP contribution in [0, 0.1) is 0 Å². The van der Waals surface area contributed by atoms with E-state index in [2.05, 4.69) is 0 Å². The van der Waals surface area contributed by atoms with Crippen molar-refractivity contribution in [3.63, 3.8) is 0 Å². The van der Waals surface area contributed by atoms with Crippen molar-refractivity contribution in [3.8, 4) is 0 Å². The van der Waals surface area contributed by atoms with Crippen LogP contribution in [0.4, 0.5) is 5.69 Å². The van der Waals surface area contributed by atoms with Crippen molar-refractivity contribution in [1.29, 1.82) is 0 Å². The normalized spacial score (nSPS) is 20.5. The van der Waals surface area contributed by atoms with Crippen molar-refractivity contribution in [2.75, 3.05) is 31.2 Å². The number of nitrogens with zero attached hydrogens (tertiary/aromatic N) is 2. The third kappa shape index (κ3) is 3.66. The molecule has 2 aliphatic rings. The van der Waals surface area contributed by atoms with E-state index in [4.69, 9.17) is 4.74 Å². The van der Waals surface area contributed by atoms with Crippen LogP contribution in [-0.4, -0.2) is 56.8 Å². The van der Waals surface area contributed by atoms with Gasteiger partial charge in [0, 0.05) is 25.7 Å². The van der Waals surface area contributed by atoms with Crippen molar-refractivity contribution in [3.05, 3.63) is 23.8 Å². The largest absolute Gasteiger partial charge is 0.380 e. The van der Waals surface area contributed by atoms with Gasteiger partial charge in [0.05, 0.1) is 22.8 Å². The molecule has 1 aromatic rings. The first-order valence-corrected chi connectivity index (χ1v) is 11.0. The standard InChI is InChI=1S/C19H26N2O5S/c1-3-5-10-20-17-9-8-15(12-16(17)18(22)19(20)23)27(24,25)21-11-6-7-14(21)13-26-4-2/h8-9,12,14H,3-7,10-11,13H2,1-2H3/t14-/m0/s1. The first kappa shape index (κ1) is 20.0. The fourth-order valence-electron chi connectivity index (χ4n) is 3.66. The van der Waals surface area contributed by atoms with E-state index in [0.717, 1.165) is 25.7 Å². The van der Waals surface area contributed by atoms with Crippen LogP contribution in [0.1, 0.15) is 49.9 Å². The van der Waals surface area contributed by atoms with Crippen LogP contribution in [0.25, 0.3) is 0 Å². The number of fused-ring (bicyclic) bond motifs is 1. The number of ketones is 1. The van der Waals surface area contributed by atoms with Crippen LogP contribution in [0.3, 0.4) is 0 Å². The molecule has 0 saturated carbocycles. The van der Waals surface area contributed by atoms with Gasteiger partial charge in [0.15, 0.2) is 0 Å². The molecular formula is C19H26N2O5S. The molecule has 2 heterocycles. The summed E-state index contributed by atoms with van der Waals surface area (Å²) in [7, 11) is -3.74. The van der Waals surface area contributed by atoms with Crippen LogP contribution >= 0.6 is 0 Å². The number of unbranched alkanes of at least 4 members (excludes halogenated alkanes) is 1. The van der Waals surface area contributed by atoms with E-state index in [-0.39, 0.29) is 16.5 Å². The van der Waals surface area contributed by atoms with Crippen molar-refractivity contribution in [1.82, 2.24) is 4.31 Å². The van der Waals surface area contributed by atoms with Crippen LogP contribution in [0.5, 0.6) is 0 Å². The first-order valence-electron chi connectivity index (χ1n) is 9.51. The number of carbonyl (C=O) groups is 2. The molecule has 7 nitrogen and oxygen atoms in total. The molecule has 1 atom stereocenters. The predicted octanol–water partition coefficient (Wildman–Crippen LogP) is 2.21. The lowest BCUT2D eigenvalue weighted by molar-refractivity contribution is -0.114. The van der Waals surface area contributed by atoms with Crippen LogP contribution in [-0.2, 0) is 19.6 Å². The molecule has 1 fully saturated rings. The molecule has 3 rings (SSSR count). The highest BCUT2D eigenvalue weighted by Crippen LogP contribution is 2.33. The number of anilines is 1. The molecule has 0 radical (unpaired) electrons. The predicted molar refractivity (Wildman–Crippen MR) is 101 cm³/mol. The SMILES string of the molecule is CCCCN1C(=O)C(=O)c2cc(S(=O)(=O)N3CCC[C@H]3COCC)ccc21. The van der Waals surface area contributed by atoms with E-state index in [1.807, 2.05) is 13.8 Å². The number of benzene rings is 1. The van der Waals surface area contributed by atoms with E-state index in [0.29, 0.717) is 32.0 Å². The summed E-state index contributed by atoms with van der Waals surface area (Å²) in [5, 5.41) is 0. The Labute approximate surface area is 160 Å². The minimum absolute atomic E-state index is 0.0585. The highest BCUT2D eigenvalue weighted by Gasteiger charge is 2.39. The molecule has 8 heteroatoms. The van der Waals surface area contributed by atoms with Gasteiger partial charge in [-0.3, -0.25) is 9.59 Å². The third-order valence-corrected chi connectivity index (χ3v) is 7.07. The summed E-state index contributed by atoms with van der Waals surface area (Å²) in [5.74, 6) is -1.21. The Kier molecular flexibility index (Phi) is 5.98. The van der Waals surface area contributed by atoms with E-state index in [1.54, 1.807) is 6.07 Å². The van der Waals surface area contributed by atoms with Gasteiger partial charge in [-0.25, -0.2) is 8.42 Å². The second kappa shape index (κ2) is 8.08. The number of hydrogen-bond acceptors (Lipinski definition) is 5. The zero-order valence-electron chi connectivity index (χ0n) is 15.8. The Hall–Kier alpha value is -1.77. The Morgan fingerprint density at radius 3 is 2.70 bits per heavy atom.